The van der Waals surface area contributed by atoms with E-state index < -0.39 is 15.6 Å². The summed E-state index contributed by atoms with van der Waals surface area (Å²) in [5.74, 6) is 0.190. The van der Waals surface area contributed by atoms with Crippen molar-refractivity contribution in [2.75, 3.05) is 32.8 Å². The van der Waals surface area contributed by atoms with Crippen LogP contribution in [-0.4, -0.2) is 61.2 Å². The highest BCUT2D eigenvalue weighted by atomic mass is 32.2. The van der Waals surface area contributed by atoms with Crippen LogP contribution in [0.4, 0.5) is 0 Å². The number of hydrogen-bond acceptors (Lipinski definition) is 6. The van der Waals surface area contributed by atoms with E-state index in [0.717, 1.165) is 36.9 Å². The first-order chi connectivity index (χ1) is 11.1. The summed E-state index contributed by atoms with van der Waals surface area (Å²) in [7, 11) is -3.74. The lowest BCUT2D eigenvalue weighted by molar-refractivity contribution is -0.105. The first kappa shape index (κ1) is 15.3. The van der Waals surface area contributed by atoms with Gasteiger partial charge in [-0.15, -0.1) is 0 Å². The number of hydroxylamine groups is 1. The lowest BCUT2D eigenvalue weighted by Gasteiger charge is -2.23. The lowest BCUT2D eigenvalue weighted by atomic mass is 10.3. The molecule has 0 radical (unpaired) electrons. The van der Waals surface area contributed by atoms with Gasteiger partial charge >= 0.3 is 0 Å². The number of rotatable bonds is 4. The van der Waals surface area contributed by atoms with Gasteiger partial charge in [-0.25, -0.2) is 13.4 Å². The zero-order chi connectivity index (χ0) is 15.9. The SMILES string of the molecule is O=S1(=O)c2cccnc2OC2(CC2)CN1OCCN1CCCC1. The number of fused-ring (bicyclic) bond motifs is 1. The molecule has 0 amide bonds. The zero-order valence-corrected chi connectivity index (χ0v) is 13.8. The summed E-state index contributed by atoms with van der Waals surface area (Å²) in [5, 5.41) is 0. The quantitative estimate of drug-likeness (QED) is 0.816. The molecule has 1 saturated carbocycles. The molecule has 0 aromatic carbocycles. The topological polar surface area (TPSA) is 72.0 Å². The van der Waals surface area contributed by atoms with E-state index >= 15 is 0 Å². The fourth-order valence-electron chi connectivity index (χ4n) is 3.11. The van der Waals surface area contributed by atoms with E-state index in [1.54, 1.807) is 12.3 Å². The number of likely N-dealkylation sites (tertiary alicyclic amines) is 1. The van der Waals surface area contributed by atoms with Crippen LogP contribution in [0.3, 0.4) is 0 Å². The van der Waals surface area contributed by atoms with Crippen LogP contribution in [0.5, 0.6) is 5.88 Å². The molecule has 126 valence electrons. The Labute approximate surface area is 136 Å². The van der Waals surface area contributed by atoms with E-state index in [2.05, 4.69) is 9.88 Å². The Bertz CT molecular complexity index is 684. The van der Waals surface area contributed by atoms with Crippen molar-refractivity contribution in [3.05, 3.63) is 18.3 Å². The van der Waals surface area contributed by atoms with Gasteiger partial charge in [-0.3, -0.25) is 4.84 Å². The minimum Gasteiger partial charge on any atom is -0.469 e. The van der Waals surface area contributed by atoms with Gasteiger partial charge in [-0.2, -0.15) is 0 Å². The molecule has 1 saturated heterocycles. The van der Waals surface area contributed by atoms with Crippen LogP contribution in [0.1, 0.15) is 25.7 Å². The third-order valence-corrected chi connectivity index (χ3v) is 6.30. The summed E-state index contributed by atoms with van der Waals surface area (Å²) >= 11 is 0. The fraction of sp³-hybridized carbons (Fsp3) is 0.667. The second-order valence-electron chi connectivity index (χ2n) is 6.44. The van der Waals surface area contributed by atoms with Crippen molar-refractivity contribution in [3.8, 4) is 5.88 Å². The van der Waals surface area contributed by atoms with Gasteiger partial charge in [-0.05, 0) is 50.9 Å². The van der Waals surface area contributed by atoms with Crippen LogP contribution >= 0.6 is 0 Å². The molecule has 0 atom stereocenters. The van der Waals surface area contributed by atoms with Crippen molar-refractivity contribution >= 4 is 10.0 Å². The predicted molar refractivity (Wildman–Crippen MR) is 82.3 cm³/mol. The monoisotopic (exact) mass is 339 g/mol. The number of ether oxygens (including phenoxy) is 1. The molecule has 0 bridgehead atoms. The highest BCUT2D eigenvalue weighted by molar-refractivity contribution is 7.89. The molecule has 7 nitrogen and oxygen atoms in total. The minimum atomic E-state index is -3.74. The molecule has 1 aliphatic carbocycles. The van der Waals surface area contributed by atoms with Crippen LogP contribution < -0.4 is 4.74 Å². The van der Waals surface area contributed by atoms with Gasteiger partial charge in [0.05, 0.1) is 13.2 Å². The van der Waals surface area contributed by atoms with Crippen molar-refractivity contribution in [2.45, 2.75) is 36.2 Å². The molecular formula is C15H21N3O4S. The van der Waals surface area contributed by atoms with Gasteiger partial charge in [0, 0.05) is 12.7 Å². The molecule has 1 aromatic heterocycles. The van der Waals surface area contributed by atoms with Crippen LogP contribution in [0.25, 0.3) is 0 Å². The molecule has 23 heavy (non-hydrogen) atoms. The molecule has 0 N–H and O–H groups in total. The Hall–Kier alpha value is -1.22. The average molecular weight is 339 g/mol. The van der Waals surface area contributed by atoms with Crippen molar-refractivity contribution in [3.63, 3.8) is 0 Å². The van der Waals surface area contributed by atoms with E-state index in [-0.39, 0.29) is 17.3 Å². The molecule has 1 spiro atoms. The minimum absolute atomic E-state index is 0.0879. The number of pyridine rings is 1. The second-order valence-corrected chi connectivity index (χ2v) is 8.24. The predicted octanol–water partition coefficient (Wildman–Crippen LogP) is 1.02. The standard InChI is InChI=1S/C15H21N3O4S/c19-23(20)13-4-3-7-16-14(13)22-15(5-6-15)12-18(23)21-11-10-17-8-1-2-9-17/h3-4,7H,1-2,5-6,8-12H2. The van der Waals surface area contributed by atoms with E-state index in [4.69, 9.17) is 9.57 Å². The van der Waals surface area contributed by atoms with Crippen LogP contribution in [-0.2, 0) is 14.9 Å². The Balaban J connectivity index is 1.53. The Morgan fingerprint density at radius 3 is 2.83 bits per heavy atom. The van der Waals surface area contributed by atoms with E-state index in [0.29, 0.717) is 6.61 Å². The molecule has 2 fully saturated rings. The highest BCUT2D eigenvalue weighted by Gasteiger charge is 2.53. The number of sulfonamides is 1. The number of aromatic nitrogens is 1. The zero-order valence-electron chi connectivity index (χ0n) is 13.0. The van der Waals surface area contributed by atoms with Gasteiger partial charge in [0.15, 0.2) is 0 Å². The first-order valence-corrected chi connectivity index (χ1v) is 9.55. The fourth-order valence-corrected chi connectivity index (χ4v) is 4.51. The summed E-state index contributed by atoms with van der Waals surface area (Å²) in [4.78, 5) is 12.1. The molecule has 1 aromatic rings. The van der Waals surface area contributed by atoms with Gasteiger partial charge in [0.2, 0.25) is 5.88 Å². The Morgan fingerprint density at radius 1 is 1.30 bits per heavy atom. The molecule has 2 aliphatic heterocycles. The maximum Gasteiger partial charge on any atom is 0.270 e. The molecule has 4 rings (SSSR count). The van der Waals surface area contributed by atoms with Crippen LogP contribution in [0.2, 0.25) is 0 Å². The van der Waals surface area contributed by atoms with E-state index in [9.17, 15) is 8.42 Å². The third-order valence-electron chi connectivity index (χ3n) is 4.66. The highest BCUT2D eigenvalue weighted by Crippen LogP contribution is 2.45. The van der Waals surface area contributed by atoms with Gasteiger partial charge in [-0.1, -0.05) is 4.47 Å². The van der Waals surface area contributed by atoms with Gasteiger partial charge in [0.25, 0.3) is 10.0 Å². The third kappa shape index (κ3) is 2.96. The summed E-state index contributed by atoms with van der Waals surface area (Å²) in [5.41, 5.74) is -0.472. The second kappa shape index (κ2) is 5.70. The smallest absolute Gasteiger partial charge is 0.270 e. The normalized spacial score (nSPS) is 25.7. The van der Waals surface area contributed by atoms with E-state index in [1.165, 1.54) is 18.9 Å². The summed E-state index contributed by atoms with van der Waals surface area (Å²) in [6.45, 7) is 3.47. The lowest BCUT2D eigenvalue weighted by Crippen LogP contribution is -2.40. The molecule has 8 heteroatoms. The molecule has 3 aliphatic rings. The average Bonchev–Trinajstić information content (AvgIpc) is 3.10. The van der Waals surface area contributed by atoms with Gasteiger partial charge in [0.1, 0.15) is 10.5 Å². The van der Waals surface area contributed by atoms with Crippen LogP contribution in [0.15, 0.2) is 23.2 Å². The van der Waals surface area contributed by atoms with Crippen molar-refractivity contribution in [2.24, 2.45) is 0 Å². The van der Waals surface area contributed by atoms with Crippen molar-refractivity contribution in [1.82, 2.24) is 14.4 Å². The maximum absolute atomic E-state index is 12.8. The largest absolute Gasteiger partial charge is 0.469 e. The van der Waals surface area contributed by atoms with Crippen molar-refractivity contribution in [1.29, 1.82) is 0 Å². The summed E-state index contributed by atoms with van der Waals surface area (Å²) in [6.07, 6.45) is 5.61. The van der Waals surface area contributed by atoms with Gasteiger partial charge < -0.3 is 9.64 Å². The van der Waals surface area contributed by atoms with E-state index in [1.807, 2.05) is 0 Å². The molecule has 3 heterocycles. The molecule has 0 unspecified atom stereocenters. The maximum atomic E-state index is 12.8. The first-order valence-electron chi connectivity index (χ1n) is 8.11. The number of hydrogen-bond donors (Lipinski definition) is 0. The number of nitrogens with zero attached hydrogens (tertiary/aromatic N) is 3. The Kier molecular flexibility index (Phi) is 3.79. The molecular weight excluding hydrogens is 318 g/mol. The summed E-state index contributed by atoms with van der Waals surface area (Å²) < 4.78 is 32.7. The summed E-state index contributed by atoms with van der Waals surface area (Å²) in [6, 6.07) is 3.13. The Morgan fingerprint density at radius 2 is 2.09 bits per heavy atom. The van der Waals surface area contributed by atoms with Crippen LogP contribution in [0, 0.1) is 0 Å². The van der Waals surface area contributed by atoms with Crippen molar-refractivity contribution < 1.29 is 18.0 Å².